The Kier molecular flexibility index (Phi) is 4.04. The number of anilines is 1. The third kappa shape index (κ3) is 2.88. The fraction of sp³-hybridized carbons (Fsp3) is 0.211. The number of methoxy groups -OCH3 is 2. The molecule has 0 atom stereocenters. The van der Waals surface area contributed by atoms with Crippen molar-refractivity contribution in [1.29, 1.82) is 0 Å². The van der Waals surface area contributed by atoms with Crippen LogP contribution in [0.1, 0.15) is 21.5 Å². The molecule has 2 aromatic carbocycles. The van der Waals surface area contributed by atoms with Crippen molar-refractivity contribution < 1.29 is 18.8 Å². The molecule has 0 radical (unpaired) electrons. The highest BCUT2D eigenvalue weighted by molar-refractivity contribution is 5.89. The Balaban J connectivity index is 1.56. The molecule has 0 bridgehead atoms. The molecule has 0 N–H and O–H groups in total. The van der Waals surface area contributed by atoms with Gasteiger partial charge in [-0.25, -0.2) is 4.79 Å². The Hall–Kier alpha value is -3.35. The molecule has 26 heavy (non-hydrogen) atoms. The predicted octanol–water partition coefficient (Wildman–Crippen LogP) is 3.05. The van der Waals surface area contributed by atoms with Crippen molar-refractivity contribution in [1.82, 2.24) is 10.1 Å². The molecule has 1 aliphatic heterocycles. The summed E-state index contributed by atoms with van der Waals surface area (Å²) in [5, 5.41) is 4.07. The number of hydrogen-bond donors (Lipinski definition) is 0. The summed E-state index contributed by atoms with van der Waals surface area (Å²) in [7, 11) is 2.99. The van der Waals surface area contributed by atoms with E-state index in [2.05, 4.69) is 10.1 Å². The van der Waals surface area contributed by atoms with Crippen molar-refractivity contribution in [3.63, 3.8) is 0 Å². The maximum absolute atomic E-state index is 11.7. The van der Waals surface area contributed by atoms with E-state index in [4.69, 9.17) is 14.0 Å². The second kappa shape index (κ2) is 6.51. The Bertz CT molecular complexity index is 967. The number of nitrogens with zero attached hydrogens (tertiary/aromatic N) is 3. The van der Waals surface area contributed by atoms with Gasteiger partial charge < -0.3 is 18.9 Å². The van der Waals surface area contributed by atoms with Gasteiger partial charge in [0.2, 0.25) is 5.82 Å². The zero-order valence-corrected chi connectivity index (χ0v) is 14.4. The van der Waals surface area contributed by atoms with Gasteiger partial charge >= 0.3 is 12.0 Å². The number of carbonyl (C=O) groups is 1. The summed E-state index contributed by atoms with van der Waals surface area (Å²) in [4.78, 5) is 18.2. The van der Waals surface area contributed by atoms with E-state index in [0.717, 1.165) is 22.4 Å². The number of hydrogen-bond acceptors (Lipinski definition) is 7. The monoisotopic (exact) mass is 351 g/mol. The van der Waals surface area contributed by atoms with Crippen LogP contribution >= 0.6 is 0 Å². The molecule has 0 unspecified atom stereocenters. The fourth-order valence-electron chi connectivity index (χ4n) is 3.00. The van der Waals surface area contributed by atoms with Crippen LogP contribution in [0.5, 0.6) is 5.75 Å². The summed E-state index contributed by atoms with van der Waals surface area (Å²) < 4.78 is 15.4. The Morgan fingerprint density at radius 1 is 1.12 bits per heavy atom. The molecule has 7 heteroatoms. The van der Waals surface area contributed by atoms with E-state index in [1.54, 1.807) is 13.2 Å². The number of rotatable bonds is 4. The molecule has 2 heterocycles. The van der Waals surface area contributed by atoms with Crippen molar-refractivity contribution in [2.75, 3.05) is 19.1 Å². The van der Waals surface area contributed by atoms with Gasteiger partial charge in [0.05, 0.1) is 19.8 Å². The standard InChI is InChI=1S/C19H17N3O4/c1-24-16-5-3-4-12(9-16)17-20-19(26-21-17)22-10-14-7-6-13(18(23)25-2)8-15(14)11-22/h3-9H,10-11H2,1-2H3. The van der Waals surface area contributed by atoms with Gasteiger partial charge in [0.1, 0.15) is 5.75 Å². The molecule has 0 fully saturated rings. The van der Waals surface area contributed by atoms with Crippen LogP contribution in [0.2, 0.25) is 0 Å². The van der Waals surface area contributed by atoms with E-state index in [0.29, 0.717) is 30.5 Å². The molecule has 132 valence electrons. The van der Waals surface area contributed by atoms with Gasteiger partial charge in [-0.3, -0.25) is 0 Å². The van der Waals surface area contributed by atoms with Crippen molar-refractivity contribution in [2.24, 2.45) is 0 Å². The van der Waals surface area contributed by atoms with Crippen molar-refractivity contribution in [3.05, 3.63) is 59.2 Å². The lowest BCUT2D eigenvalue weighted by molar-refractivity contribution is 0.0600. The molecule has 1 aliphatic rings. The lowest BCUT2D eigenvalue weighted by Crippen LogP contribution is -2.14. The maximum atomic E-state index is 11.7. The van der Waals surface area contributed by atoms with Crippen LogP contribution < -0.4 is 9.64 Å². The molecule has 0 saturated carbocycles. The van der Waals surface area contributed by atoms with Gasteiger partial charge in [0.25, 0.3) is 0 Å². The highest BCUT2D eigenvalue weighted by Crippen LogP contribution is 2.30. The molecular formula is C19H17N3O4. The number of carbonyl (C=O) groups excluding carboxylic acids is 1. The number of esters is 1. The SMILES string of the molecule is COC(=O)c1ccc2c(c1)CN(c1nc(-c3cccc(OC)c3)no1)C2. The van der Waals surface area contributed by atoms with E-state index in [1.807, 2.05) is 41.3 Å². The molecule has 7 nitrogen and oxygen atoms in total. The van der Waals surface area contributed by atoms with Gasteiger partial charge in [-0.15, -0.1) is 0 Å². The fourth-order valence-corrected chi connectivity index (χ4v) is 3.00. The first-order valence-electron chi connectivity index (χ1n) is 8.11. The summed E-state index contributed by atoms with van der Waals surface area (Å²) in [6.45, 7) is 1.25. The van der Waals surface area contributed by atoms with Gasteiger partial charge in [-0.05, 0) is 35.4 Å². The molecule has 1 aromatic heterocycles. The van der Waals surface area contributed by atoms with Gasteiger partial charge in [0.15, 0.2) is 0 Å². The minimum atomic E-state index is -0.343. The summed E-state index contributed by atoms with van der Waals surface area (Å²) in [6.07, 6.45) is 0. The number of aromatic nitrogens is 2. The molecule has 4 rings (SSSR count). The second-order valence-electron chi connectivity index (χ2n) is 5.96. The van der Waals surface area contributed by atoms with Crippen molar-refractivity contribution in [2.45, 2.75) is 13.1 Å². The third-order valence-electron chi connectivity index (χ3n) is 4.36. The molecule has 0 amide bonds. The van der Waals surface area contributed by atoms with E-state index in [-0.39, 0.29) is 5.97 Å². The average molecular weight is 351 g/mol. The summed E-state index contributed by atoms with van der Waals surface area (Å²) >= 11 is 0. The lowest BCUT2D eigenvalue weighted by atomic mass is 10.1. The molecule has 3 aromatic rings. The number of fused-ring (bicyclic) bond motifs is 1. The van der Waals surface area contributed by atoms with Gasteiger partial charge in [-0.2, -0.15) is 4.98 Å². The van der Waals surface area contributed by atoms with Crippen LogP contribution in [0.4, 0.5) is 6.01 Å². The van der Waals surface area contributed by atoms with Crippen LogP contribution in [0, 0.1) is 0 Å². The highest BCUT2D eigenvalue weighted by Gasteiger charge is 2.25. The van der Waals surface area contributed by atoms with Crippen LogP contribution in [0.15, 0.2) is 47.0 Å². The van der Waals surface area contributed by atoms with Gasteiger partial charge in [-0.1, -0.05) is 23.4 Å². The first kappa shape index (κ1) is 16.1. The van der Waals surface area contributed by atoms with Crippen molar-refractivity contribution >= 4 is 12.0 Å². The minimum absolute atomic E-state index is 0.343. The van der Waals surface area contributed by atoms with Crippen LogP contribution in [0.25, 0.3) is 11.4 Å². The van der Waals surface area contributed by atoms with Gasteiger partial charge in [0, 0.05) is 18.7 Å². The quantitative estimate of drug-likeness (QED) is 0.669. The number of benzene rings is 2. The zero-order valence-electron chi connectivity index (χ0n) is 14.4. The third-order valence-corrected chi connectivity index (χ3v) is 4.36. The van der Waals surface area contributed by atoms with E-state index in [9.17, 15) is 4.79 Å². The van der Waals surface area contributed by atoms with E-state index >= 15 is 0 Å². The van der Waals surface area contributed by atoms with E-state index < -0.39 is 0 Å². The summed E-state index contributed by atoms with van der Waals surface area (Å²) in [5.41, 5.74) is 3.53. The number of ether oxygens (including phenoxy) is 2. The first-order chi connectivity index (χ1) is 12.7. The Labute approximate surface area is 150 Å². The second-order valence-corrected chi connectivity index (χ2v) is 5.96. The normalized spacial score (nSPS) is 12.8. The predicted molar refractivity (Wildman–Crippen MR) is 94.0 cm³/mol. The first-order valence-corrected chi connectivity index (χ1v) is 8.11. The smallest absolute Gasteiger partial charge is 0.337 e. The molecule has 0 spiro atoms. The van der Waals surface area contributed by atoms with Crippen LogP contribution in [-0.2, 0) is 17.8 Å². The maximum Gasteiger partial charge on any atom is 0.337 e. The van der Waals surface area contributed by atoms with Crippen LogP contribution in [0.3, 0.4) is 0 Å². The molecule has 0 saturated heterocycles. The topological polar surface area (TPSA) is 77.7 Å². The highest BCUT2D eigenvalue weighted by atomic mass is 16.5. The largest absolute Gasteiger partial charge is 0.497 e. The zero-order chi connectivity index (χ0) is 18.1. The Morgan fingerprint density at radius 3 is 2.77 bits per heavy atom. The van der Waals surface area contributed by atoms with E-state index in [1.165, 1.54) is 7.11 Å². The Morgan fingerprint density at radius 2 is 1.96 bits per heavy atom. The van der Waals surface area contributed by atoms with Crippen LogP contribution in [-0.4, -0.2) is 30.3 Å². The minimum Gasteiger partial charge on any atom is -0.497 e. The summed E-state index contributed by atoms with van der Waals surface area (Å²) in [5.74, 6) is 0.896. The lowest BCUT2D eigenvalue weighted by Gasteiger charge is -2.09. The molecular weight excluding hydrogens is 334 g/mol. The van der Waals surface area contributed by atoms with Crippen molar-refractivity contribution in [3.8, 4) is 17.1 Å². The summed E-state index contributed by atoms with van der Waals surface area (Å²) in [6, 6.07) is 13.5. The molecule has 0 aliphatic carbocycles. The average Bonchev–Trinajstić information content (AvgIpc) is 3.33.